The van der Waals surface area contributed by atoms with E-state index in [0.717, 1.165) is 17.5 Å². The van der Waals surface area contributed by atoms with E-state index in [4.69, 9.17) is 19.9 Å². The Morgan fingerprint density at radius 3 is 2.45 bits per heavy atom. The molecule has 152 valence electrons. The summed E-state index contributed by atoms with van der Waals surface area (Å²) in [5, 5.41) is 3.25. The Morgan fingerprint density at radius 2 is 1.72 bits per heavy atom. The average molecular weight is 394 g/mol. The maximum absolute atomic E-state index is 6.21. The number of ether oxygens (including phenoxy) is 3. The van der Waals surface area contributed by atoms with E-state index in [2.05, 4.69) is 22.2 Å². The molecule has 0 aliphatic carbocycles. The maximum atomic E-state index is 6.21. The second-order valence-corrected chi connectivity index (χ2v) is 6.66. The van der Waals surface area contributed by atoms with Crippen LogP contribution in [0.15, 0.2) is 42.7 Å². The van der Waals surface area contributed by atoms with Gasteiger partial charge < -0.3 is 25.3 Å². The van der Waals surface area contributed by atoms with Crippen molar-refractivity contribution in [1.29, 1.82) is 0 Å². The van der Waals surface area contributed by atoms with Gasteiger partial charge in [-0.15, -0.1) is 0 Å². The second-order valence-electron chi connectivity index (χ2n) is 6.66. The monoisotopic (exact) mass is 394 g/mol. The average Bonchev–Trinajstić information content (AvgIpc) is 2.73. The molecule has 0 bridgehead atoms. The molecule has 0 aliphatic rings. The van der Waals surface area contributed by atoms with Crippen molar-refractivity contribution in [3.8, 4) is 23.1 Å². The van der Waals surface area contributed by atoms with Gasteiger partial charge in [-0.2, -0.15) is 4.98 Å². The number of rotatable bonds is 8. The Labute approximate surface area is 170 Å². The summed E-state index contributed by atoms with van der Waals surface area (Å²) in [4.78, 5) is 8.40. The van der Waals surface area contributed by atoms with Gasteiger partial charge in [-0.3, -0.25) is 0 Å². The number of nitrogens with zero attached hydrogens (tertiary/aromatic N) is 2. The molecule has 0 saturated carbocycles. The van der Waals surface area contributed by atoms with Crippen molar-refractivity contribution in [2.45, 2.75) is 20.3 Å². The lowest BCUT2D eigenvalue weighted by atomic mass is 10.1. The first-order chi connectivity index (χ1) is 14.0. The van der Waals surface area contributed by atoms with Crippen molar-refractivity contribution in [3.05, 3.63) is 59.4 Å². The van der Waals surface area contributed by atoms with Gasteiger partial charge in [0.05, 0.1) is 14.2 Å². The molecule has 0 atom stereocenters. The number of methoxy groups -OCH3 is 2. The third-order valence-electron chi connectivity index (χ3n) is 4.69. The first-order valence-electron chi connectivity index (χ1n) is 9.32. The SMILES string of the molecule is COc1ccc(CCNc2ncnc(Oc3ccc(C)c(C)c3)c2N)cc1OC. The quantitative estimate of drug-likeness (QED) is 0.593. The molecule has 0 radical (unpaired) electrons. The highest BCUT2D eigenvalue weighted by Crippen LogP contribution is 2.30. The second kappa shape index (κ2) is 9.14. The van der Waals surface area contributed by atoms with E-state index in [1.807, 2.05) is 43.3 Å². The van der Waals surface area contributed by atoms with Gasteiger partial charge in [0.2, 0.25) is 5.88 Å². The van der Waals surface area contributed by atoms with E-state index in [0.29, 0.717) is 41.2 Å². The van der Waals surface area contributed by atoms with Crippen LogP contribution in [0.2, 0.25) is 0 Å². The zero-order valence-corrected chi connectivity index (χ0v) is 17.2. The molecule has 3 aromatic rings. The number of hydrogen-bond acceptors (Lipinski definition) is 7. The summed E-state index contributed by atoms with van der Waals surface area (Å²) in [6.45, 7) is 4.73. The molecule has 0 saturated heterocycles. The van der Waals surface area contributed by atoms with Gasteiger partial charge in [-0.1, -0.05) is 12.1 Å². The van der Waals surface area contributed by atoms with E-state index >= 15 is 0 Å². The normalized spacial score (nSPS) is 10.5. The number of nitrogen functional groups attached to an aromatic ring is 1. The van der Waals surface area contributed by atoms with Crippen molar-refractivity contribution in [2.75, 3.05) is 31.8 Å². The molecule has 7 nitrogen and oxygen atoms in total. The predicted octanol–water partition coefficient (Wildman–Crippen LogP) is 4.14. The Bertz CT molecular complexity index is 992. The number of hydrogen-bond donors (Lipinski definition) is 2. The van der Waals surface area contributed by atoms with Gasteiger partial charge in [0.1, 0.15) is 17.8 Å². The molecule has 0 spiro atoms. The molecule has 1 heterocycles. The van der Waals surface area contributed by atoms with Crippen molar-refractivity contribution >= 4 is 11.5 Å². The highest BCUT2D eigenvalue weighted by atomic mass is 16.5. The summed E-state index contributed by atoms with van der Waals surface area (Å²) in [5.41, 5.74) is 10.0. The maximum Gasteiger partial charge on any atom is 0.248 e. The molecule has 2 aromatic carbocycles. The van der Waals surface area contributed by atoms with E-state index in [9.17, 15) is 0 Å². The van der Waals surface area contributed by atoms with Gasteiger partial charge >= 0.3 is 0 Å². The molecule has 1 aromatic heterocycles. The van der Waals surface area contributed by atoms with Crippen LogP contribution in [0.25, 0.3) is 0 Å². The zero-order chi connectivity index (χ0) is 20.8. The molecular weight excluding hydrogens is 368 g/mol. The summed E-state index contributed by atoms with van der Waals surface area (Å²) < 4.78 is 16.5. The topological polar surface area (TPSA) is 91.5 Å². The highest BCUT2D eigenvalue weighted by molar-refractivity contribution is 5.67. The molecule has 0 fully saturated rings. The number of benzene rings is 2. The highest BCUT2D eigenvalue weighted by Gasteiger charge is 2.11. The molecule has 0 unspecified atom stereocenters. The van der Waals surface area contributed by atoms with Gasteiger partial charge in [0.25, 0.3) is 0 Å². The Balaban J connectivity index is 1.66. The van der Waals surface area contributed by atoms with Crippen LogP contribution in [0.3, 0.4) is 0 Å². The van der Waals surface area contributed by atoms with E-state index in [1.54, 1.807) is 14.2 Å². The predicted molar refractivity (Wildman–Crippen MR) is 114 cm³/mol. The van der Waals surface area contributed by atoms with Crippen LogP contribution in [0, 0.1) is 13.8 Å². The van der Waals surface area contributed by atoms with Gasteiger partial charge in [-0.25, -0.2) is 4.98 Å². The molecule has 7 heteroatoms. The van der Waals surface area contributed by atoms with Gasteiger partial charge in [-0.05, 0) is 61.2 Å². The molecule has 0 amide bonds. The number of anilines is 2. The van der Waals surface area contributed by atoms with Crippen molar-refractivity contribution in [1.82, 2.24) is 9.97 Å². The van der Waals surface area contributed by atoms with Crippen LogP contribution >= 0.6 is 0 Å². The Hall–Kier alpha value is -3.48. The van der Waals surface area contributed by atoms with Crippen LogP contribution in [-0.2, 0) is 6.42 Å². The van der Waals surface area contributed by atoms with Crippen LogP contribution < -0.4 is 25.3 Å². The smallest absolute Gasteiger partial charge is 0.248 e. The fourth-order valence-corrected chi connectivity index (χ4v) is 2.85. The fraction of sp³-hybridized carbons (Fsp3) is 0.273. The molecule has 29 heavy (non-hydrogen) atoms. The minimum Gasteiger partial charge on any atom is -0.493 e. The van der Waals surface area contributed by atoms with Crippen molar-refractivity contribution in [2.24, 2.45) is 0 Å². The summed E-state index contributed by atoms with van der Waals surface area (Å²) in [7, 11) is 3.24. The van der Waals surface area contributed by atoms with E-state index in [-0.39, 0.29) is 0 Å². The summed E-state index contributed by atoms with van der Waals surface area (Å²) in [6.07, 6.45) is 2.20. The molecule has 3 N–H and O–H groups in total. The number of nitrogens with two attached hydrogens (primary N) is 1. The first-order valence-corrected chi connectivity index (χ1v) is 9.32. The van der Waals surface area contributed by atoms with Gasteiger partial charge in [0.15, 0.2) is 17.3 Å². The third kappa shape index (κ3) is 4.87. The van der Waals surface area contributed by atoms with Crippen LogP contribution in [0.4, 0.5) is 11.5 Å². The summed E-state index contributed by atoms with van der Waals surface area (Å²) in [5.74, 6) is 2.97. The summed E-state index contributed by atoms with van der Waals surface area (Å²) in [6, 6.07) is 11.7. The Morgan fingerprint density at radius 1 is 0.931 bits per heavy atom. The lowest BCUT2D eigenvalue weighted by Gasteiger charge is -2.13. The lowest BCUT2D eigenvalue weighted by molar-refractivity contribution is 0.354. The first kappa shape index (κ1) is 20.3. The number of aryl methyl sites for hydroxylation is 2. The molecule has 0 aliphatic heterocycles. The van der Waals surface area contributed by atoms with Crippen LogP contribution in [0.1, 0.15) is 16.7 Å². The minimum absolute atomic E-state index is 0.330. The fourth-order valence-electron chi connectivity index (χ4n) is 2.85. The van der Waals surface area contributed by atoms with Crippen LogP contribution in [0.5, 0.6) is 23.1 Å². The Kier molecular flexibility index (Phi) is 6.39. The molecule has 3 rings (SSSR count). The zero-order valence-electron chi connectivity index (χ0n) is 17.2. The van der Waals surface area contributed by atoms with Gasteiger partial charge in [0, 0.05) is 6.54 Å². The van der Waals surface area contributed by atoms with E-state index < -0.39 is 0 Å². The van der Waals surface area contributed by atoms with Crippen molar-refractivity contribution in [3.63, 3.8) is 0 Å². The minimum atomic E-state index is 0.330. The standard InChI is InChI=1S/C22H26N4O3/c1-14-5-7-17(11-15(14)2)29-22-20(23)21(25-13-26-22)24-10-9-16-6-8-18(27-3)19(12-16)28-4/h5-8,11-13H,9-10,23H2,1-4H3,(H,24,25,26). The van der Waals surface area contributed by atoms with E-state index in [1.165, 1.54) is 11.9 Å². The third-order valence-corrected chi connectivity index (χ3v) is 4.69. The summed E-state index contributed by atoms with van der Waals surface area (Å²) >= 11 is 0. The van der Waals surface area contributed by atoms with Crippen molar-refractivity contribution < 1.29 is 14.2 Å². The number of aromatic nitrogens is 2. The number of nitrogens with one attached hydrogen (secondary N) is 1. The van der Waals surface area contributed by atoms with Crippen LogP contribution in [-0.4, -0.2) is 30.7 Å². The lowest BCUT2D eigenvalue weighted by Crippen LogP contribution is -2.10. The largest absolute Gasteiger partial charge is 0.493 e. The molecular formula is C22H26N4O3.